The molecule has 2 aromatic carbocycles. The maximum atomic E-state index is 12.4. The summed E-state index contributed by atoms with van der Waals surface area (Å²) in [5, 5.41) is 9.36. The van der Waals surface area contributed by atoms with Gasteiger partial charge in [-0.05, 0) is 50.6 Å². The Hall–Kier alpha value is -3.61. The van der Waals surface area contributed by atoms with Crippen LogP contribution in [-0.4, -0.2) is 36.1 Å². The summed E-state index contributed by atoms with van der Waals surface area (Å²) >= 11 is 0. The summed E-state index contributed by atoms with van der Waals surface area (Å²) in [7, 11) is 0. The first-order chi connectivity index (χ1) is 14.5. The predicted molar refractivity (Wildman–Crippen MR) is 118 cm³/mol. The molecule has 0 saturated carbocycles. The molecule has 0 saturated heterocycles. The summed E-state index contributed by atoms with van der Waals surface area (Å²) in [6.07, 6.45) is 2.40. The number of anilines is 1. The summed E-state index contributed by atoms with van der Waals surface area (Å²) in [5.41, 5.74) is 1.87. The quantitative estimate of drug-likeness (QED) is 0.494. The fourth-order valence-corrected chi connectivity index (χ4v) is 2.92. The first kappa shape index (κ1) is 21.1. The Balaban J connectivity index is 1.45. The van der Waals surface area contributed by atoms with E-state index in [-0.39, 0.29) is 18.0 Å². The first-order valence-electron chi connectivity index (χ1n) is 9.95. The number of nitrogens with one attached hydrogen (secondary N) is 3. The van der Waals surface area contributed by atoms with E-state index in [1.165, 1.54) is 0 Å². The average molecular weight is 406 g/mol. The molecule has 0 bridgehead atoms. The number of carbonyl (C=O) groups is 2. The second-order valence-electron chi connectivity index (χ2n) is 7.12. The normalized spacial score (nSPS) is 10.6. The Morgan fingerprint density at radius 1 is 1.07 bits per heavy atom. The van der Waals surface area contributed by atoms with Gasteiger partial charge in [0.15, 0.2) is 0 Å². The number of aromatic nitrogens is 1. The van der Waals surface area contributed by atoms with Gasteiger partial charge in [0.1, 0.15) is 11.3 Å². The molecular formula is C23H26N4O3. The molecule has 0 aliphatic carbocycles. The third-order valence-corrected chi connectivity index (χ3v) is 4.26. The van der Waals surface area contributed by atoms with Gasteiger partial charge >= 0.3 is 6.03 Å². The first-order valence-corrected chi connectivity index (χ1v) is 9.95. The topological polar surface area (TPSA) is 92.4 Å². The van der Waals surface area contributed by atoms with Gasteiger partial charge in [-0.25, -0.2) is 4.79 Å². The number of carbonyl (C=O) groups excluding carboxylic acids is 2. The number of nitrogens with zero attached hydrogens (tertiary/aromatic N) is 1. The van der Waals surface area contributed by atoms with Crippen molar-refractivity contribution in [2.45, 2.75) is 26.3 Å². The Morgan fingerprint density at radius 3 is 2.70 bits per heavy atom. The van der Waals surface area contributed by atoms with E-state index in [1.54, 1.807) is 30.5 Å². The van der Waals surface area contributed by atoms with Gasteiger partial charge in [-0.3, -0.25) is 9.78 Å². The van der Waals surface area contributed by atoms with Crippen LogP contribution in [0.4, 0.5) is 10.5 Å². The van der Waals surface area contributed by atoms with E-state index < -0.39 is 0 Å². The molecule has 1 heterocycles. The van der Waals surface area contributed by atoms with Crippen molar-refractivity contribution in [3.05, 3.63) is 66.4 Å². The van der Waals surface area contributed by atoms with Gasteiger partial charge in [0.2, 0.25) is 0 Å². The third-order valence-electron chi connectivity index (χ3n) is 4.26. The number of benzene rings is 2. The highest BCUT2D eigenvalue weighted by molar-refractivity contribution is 5.96. The number of hydrogen-bond donors (Lipinski definition) is 3. The van der Waals surface area contributed by atoms with Crippen molar-refractivity contribution in [3.8, 4) is 5.75 Å². The van der Waals surface area contributed by atoms with Crippen molar-refractivity contribution in [1.29, 1.82) is 0 Å². The molecule has 0 radical (unpaired) electrons. The number of ether oxygens (including phenoxy) is 1. The number of urea groups is 1. The van der Waals surface area contributed by atoms with Gasteiger partial charge in [-0.2, -0.15) is 0 Å². The summed E-state index contributed by atoms with van der Waals surface area (Å²) in [5.74, 6) is 0.535. The third kappa shape index (κ3) is 5.94. The van der Waals surface area contributed by atoms with Crippen molar-refractivity contribution in [2.75, 3.05) is 18.5 Å². The van der Waals surface area contributed by atoms with Crippen molar-refractivity contribution < 1.29 is 14.3 Å². The zero-order valence-electron chi connectivity index (χ0n) is 17.1. The SMILES string of the molecule is CC(C)NC(=O)Nc1cccc(C(=O)NCCCOc2cccc3cccnc23)c1. The lowest BCUT2D eigenvalue weighted by Gasteiger charge is -2.11. The zero-order valence-corrected chi connectivity index (χ0v) is 17.1. The maximum Gasteiger partial charge on any atom is 0.319 e. The molecule has 0 aliphatic heterocycles. The molecule has 0 aliphatic rings. The summed E-state index contributed by atoms with van der Waals surface area (Å²) < 4.78 is 5.83. The van der Waals surface area contributed by atoms with Crippen molar-refractivity contribution >= 4 is 28.5 Å². The maximum absolute atomic E-state index is 12.4. The van der Waals surface area contributed by atoms with Gasteiger partial charge in [0, 0.05) is 35.4 Å². The van der Waals surface area contributed by atoms with E-state index in [0.29, 0.717) is 30.8 Å². The second kappa shape index (κ2) is 10.2. The van der Waals surface area contributed by atoms with Crippen LogP contribution in [-0.2, 0) is 0 Å². The molecular weight excluding hydrogens is 380 g/mol. The number of fused-ring (bicyclic) bond motifs is 1. The lowest BCUT2D eigenvalue weighted by molar-refractivity contribution is 0.0951. The Bertz CT molecular complexity index is 1010. The fourth-order valence-electron chi connectivity index (χ4n) is 2.92. The van der Waals surface area contributed by atoms with Crippen LogP contribution in [0.3, 0.4) is 0 Å². The molecule has 3 rings (SSSR count). The fraction of sp³-hybridized carbons (Fsp3) is 0.261. The van der Waals surface area contributed by atoms with Crippen LogP contribution in [0.25, 0.3) is 10.9 Å². The van der Waals surface area contributed by atoms with Crippen molar-refractivity contribution in [2.24, 2.45) is 0 Å². The number of hydrogen-bond acceptors (Lipinski definition) is 4. The summed E-state index contributed by atoms with van der Waals surface area (Å²) in [6, 6.07) is 16.3. The van der Waals surface area contributed by atoms with E-state index in [1.807, 2.05) is 44.2 Å². The van der Waals surface area contributed by atoms with Crippen LogP contribution in [0.2, 0.25) is 0 Å². The van der Waals surface area contributed by atoms with E-state index in [2.05, 4.69) is 20.9 Å². The van der Waals surface area contributed by atoms with Crippen LogP contribution in [0.1, 0.15) is 30.6 Å². The van der Waals surface area contributed by atoms with Gasteiger partial charge in [0.25, 0.3) is 5.91 Å². The van der Waals surface area contributed by atoms with E-state index >= 15 is 0 Å². The lowest BCUT2D eigenvalue weighted by Crippen LogP contribution is -2.34. The molecule has 0 fully saturated rings. The van der Waals surface area contributed by atoms with E-state index in [0.717, 1.165) is 16.7 Å². The second-order valence-corrected chi connectivity index (χ2v) is 7.12. The number of rotatable bonds is 8. The molecule has 3 N–H and O–H groups in total. The highest BCUT2D eigenvalue weighted by Gasteiger charge is 2.08. The standard InChI is InChI=1S/C23H26N4O3/c1-16(2)26-23(29)27-19-10-3-8-18(15-19)22(28)25-13-6-14-30-20-11-4-7-17-9-5-12-24-21(17)20/h3-5,7-12,15-16H,6,13-14H2,1-2H3,(H,25,28)(H2,26,27,29). The van der Waals surface area contributed by atoms with Crippen LogP contribution in [0, 0.1) is 0 Å². The number of para-hydroxylation sites is 1. The van der Waals surface area contributed by atoms with Crippen LogP contribution < -0.4 is 20.7 Å². The Kier molecular flexibility index (Phi) is 7.21. The van der Waals surface area contributed by atoms with Crippen LogP contribution >= 0.6 is 0 Å². The minimum atomic E-state index is -0.303. The van der Waals surface area contributed by atoms with E-state index in [9.17, 15) is 9.59 Å². The number of pyridine rings is 1. The predicted octanol–water partition coefficient (Wildman–Crippen LogP) is 3.96. The Labute approximate surface area is 175 Å². The minimum Gasteiger partial charge on any atom is -0.491 e. The molecule has 1 aromatic heterocycles. The molecule has 0 unspecified atom stereocenters. The van der Waals surface area contributed by atoms with Crippen molar-refractivity contribution in [3.63, 3.8) is 0 Å². The molecule has 3 amide bonds. The smallest absolute Gasteiger partial charge is 0.319 e. The zero-order chi connectivity index (χ0) is 21.3. The van der Waals surface area contributed by atoms with E-state index in [4.69, 9.17) is 4.74 Å². The molecule has 156 valence electrons. The Morgan fingerprint density at radius 2 is 1.87 bits per heavy atom. The molecule has 0 spiro atoms. The summed E-state index contributed by atoms with van der Waals surface area (Å²) in [4.78, 5) is 28.5. The van der Waals surface area contributed by atoms with Gasteiger partial charge in [-0.15, -0.1) is 0 Å². The molecule has 7 nitrogen and oxygen atoms in total. The van der Waals surface area contributed by atoms with Crippen LogP contribution in [0.15, 0.2) is 60.8 Å². The molecule has 30 heavy (non-hydrogen) atoms. The summed E-state index contributed by atoms with van der Waals surface area (Å²) in [6.45, 7) is 4.70. The van der Waals surface area contributed by atoms with Crippen LogP contribution in [0.5, 0.6) is 5.75 Å². The average Bonchev–Trinajstić information content (AvgIpc) is 2.73. The van der Waals surface area contributed by atoms with Gasteiger partial charge in [0.05, 0.1) is 6.61 Å². The highest BCUT2D eigenvalue weighted by Crippen LogP contribution is 2.22. The molecule has 7 heteroatoms. The molecule has 0 atom stereocenters. The number of amides is 3. The lowest BCUT2D eigenvalue weighted by atomic mass is 10.2. The monoisotopic (exact) mass is 406 g/mol. The van der Waals surface area contributed by atoms with Crippen molar-refractivity contribution in [1.82, 2.24) is 15.6 Å². The highest BCUT2D eigenvalue weighted by atomic mass is 16.5. The minimum absolute atomic E-state index is 0.0309. The molecule has 3 aromatic rings. The largest absolute Gasteiger partial charge is 0.491 e. The van der Waals surface area contributed by atoms with Gasteiger partial charge in [-0.1, -0.05) is 24.3 Å². The van der Waals surface area contributed by atoms with Gasteiger partial charge < -0.3 is 20.7 Å².